The summed E-state index contributed by atoms with van der Waals surface area (Å²) < 4.78 is 49.8. The number of nitro benzene ring substituents is 1. The zero-order chi connectivity index (χ0) is 30.4. The Labute approximate surface area is 237 Å². The van der Waals surface area contributed by atoms with E-state index in [0.717, 1.165) is 29.2 Å². The smallest absolute Gasteiger partial charge is 0.416 e. The third kappa shape index (κ3) is 6.93. The van der Waals surface area contributed by atoms with Gasteiger partial charge in [-0.05, 0) is 50.2 Å². The Hall–Kier alpha value is -4.63. The highest BCUT2D eigenvalue weighted by molar-refractivity contribution is 6.32. The van der Waals surface area contributed by atoms with E-state index in [9.17, 15) is 38.1 Å². The zero-order valence-corrected chi connectivity index (χ0v) is 22.5. The summed E-state index contributed by atoms with van der Waals surface area (Å²) in [7, 11) is 0. The number of nitriles is 1. The molecule has 0 aliphatic carbocycles. The van der Waals surface area contributed by atoms with Crippen molar-refractivity contribution < 1.29 is 37.2 Å². The van der Waals surface area contributed by atoms with Gasteiger partial charge in [0.1, 0.15) is 11.8 Å². The Kier molecular flexibility index (Phi) is 9.57. The van der Waals surface area contributed by atoms with Gasteiger partial charge in [0.05, 0.1) is 22.1 Å². The summed E-state index contributed by atoms with van der Waals surface area (Å²) in [5.74, 6) is -2.87. The van der Waals surface area contributed by atoms with Gasteiger partial charge < -0.3 is 14.4 Å². The molecule has 0 fully saturated rings. The summed E-state index contributed by atoms with van der Waals surface area (Å²) in [5, 5.41) is 21.5. The van der Waals surface area contributed by atoms with Crippen LogP contribution in [0.5, 0.6) is 11.5 Å². The van der Waals surface area contributed by atoms with Gasteiger partial charge in [0.2, 0.25) is 5.78 Å². The molecule has 3 aromatic rings. The van der Waals surface area contributed by atoms with Gasteiger partial charge >= 0.3 is 17.5 Å². The summed E-state index contributed by atoms with van der Waals surface area (Å²) in [4.78, 5) is 39.6. The number of anilines is 1. The number of halogens is 4. The number of hydrogen-bond acceptors (Lipinski definition) is 7. The van der Waals surface area contributed by atoms with Crippen LogP contribution in [0.2, 0.25) is 5.02 Å². The number of nitro groups is 1. The van der Waals surface area contributed by atoms with Crippen LogP contribution in [-0.2, 0) is 15.8 Å². The highest BCUT2D eigenvalue weighted by atomic mass is 35.5. The molecule has 0 aromatic heterocycles. The fourth-order valence-electron chi connectivity index (χ4n) is 3.84. The minimum Gasteiger partial charge on any atom is -0.492 e. The van der Waals surface area contributed by atoms with Crippen molar-refractivity contribution in [1.29, 1.82) is 5.26 Å². The molecule has 1 amide bonds. The Bertz CT molecular complexity index is 1480. The van der Waals surface area contributed by atoms with Gasteiger partial charge in [-0.15, -0.1) is 0 Å². The second-order valence-electron chi connectivity index (χ2n) is 8.89. The number of carbonyl (C=O) groups excluding carboxylic acids is 2. The van der Waals surface area contributed by atoms with E-state index in [1.54, 1.807) is 50.2 Å². The van der Waals surface area contributed by atoms with Gasteiger partial charge in [0.15, 0.2) is 5.75 Å². The lowest BCUT2D eigenvalue weighted by atomic mass is 9.94. The number of rotatable bonds is 11. The van der Waals surface area contributed by atoms with E-state index in [1.807, 2.05) is 0 Å². The second kappa shape index (κ2) is 12.7. The highest BCUT2D eigenvalue weighted by Crippen LogP contribution is 2.36. The molecule has 9 nitrogen and oxygen atoms in total. The molecule has 0 saturated carbocycles. The van der Waals surface area contributed by atoms with E-state index in [0.29, 0.717) is 11.8 Å². The molecular formula is C28H23ClF3N3O6. The minimum atomic E-state index is -4.64. The maximum absolute atomic E-state index is 14.0. The average Bonchev–Trinajstić information content (AvgIpc) is 2.92. The van der Waals surface area contributed by atoms with Crippen LogP contribution in [0.25, 0.3) is 0 Å². The minimum absolute atomic E-state index is 0.172. The van der Waals surface area contributed by atoms with Crippen molar-refractivity contribution in [2.75, 3.05) is 11.5 Å². The number of amides is 1. The number of carbonyl (C=O) groups is 2. The molecule has 3 aromatic carbocycles. The predicted octanol–water partition coefficient (Wildman–Crippen LogP) is 6.39. The molecule has 41 heavy (non-hydrogen) atoms. The van der Waals surface area contributed by atoms with Crippen LogP contribution < -0.4 is 14.4 Å². The molecule has 0 saturated heterocycles. The number of hydrogen-bond donors (Lipinski definition) is 0. The van der Waals surface area contributed by atoms with Gasteiger partial charge in [0.25, 0.3) is 5.91 Å². The van der Waals surface area contributed by atoms with E-state index < -0.39 is 64.5 Å². The van der Waals surface area contributed by atoms with Gasteiger partial charge in [0, 0.05) is 24.2 Å². The Balaban J connectivity index is 1.99. The van der Waals surface area contributed by atoms with Crippen LogP contribution in [0.1, 0.15) is 25.8 Å². The van der Waals surface area contributed by atoms with E-state index >= 15 is 0 Å². The first-order valence-electron chi connectivity index (χ1n) is 12.1. The number of benzene rings is 3. The largest absolute Gasteiger partial charge is 0.492 e. The van der Waals surface area contributed by atoms with E-state index in [2.05, 4.69) is 0 Å². The summed E-state index contributed by atoms with van der Waals surface area (Å²) in [6.45, 7) is 2.77. The zero-order valence-electron chi connectivity index (χ0n) is 21.7. The molecular weight excluding hydrogens is 567 g/mol. The van der Waals surface area contributed by atoms with Crippen LogP contribution in [0, 0.1) is 21.4 Å². The SMILES string of the molecule is CC(C)N(C(=O)C(C#N)(Oc1ccccc1[N+](=O)[O-])C(=O)CCOc1ccc(C(F)(F)F)cc1Cl)c1ccccc1. The third-order valence-corrected chi connectivity index (χ3v) is 6.09. The molecule has 0 heterocycles. The van der Waals surface area contributed by atoms with Gasteiger partial charge in [-0.1, -0.05) is 41.9 Å². The first-order chi connectivity index (χ1) is 19.3. The van der Waals surface area contributed by atoms with Crippen molar-refractivity contribution in [3.8, 4) is 17.6 Å². The molecule has 0 bridgehead atoms. The molecule has 0 N–H and O–H groups in total. The Morgan fingerprint density at radius 2 is 1.68 bits per heavy atom. The predicted molar refractivity (Wildman–Crippen MR) is 143 cm³/mol. The van der Waals surface area contributed by atoms with Crippen LogP contribution in [-0.4, -0.2) is 34.9 Å². The van der Waals surface area contributed by atoms with Gasteiger partial charge in [-0.2, -0.15) is 18.4 Å². The number of nitrogens with zero attached hydrogens (tertiary/aromatic N) is 3. The normalized spacial score (nSPS) is 12.6. The molecule has 0 radical (unpaired) electrons. The molecule has 0 aliphatic rings. The lowest BCUT2D eigenvalue weighted by molar-refractivity contribution is -0.386. The number of alkyl halides is 3. The molecule has 214 valence electrons. The number of para-hydroxylation sites is 3. The topological polar surface area (TPSA) is 123 Å². The first kappa shape index (κ1) is 30.9. The monoisotopic (exact) mass is 589 g/mol. The maximum Gasteiger partial charge on any atom is 0.416 e. The fourth-order valence-corrected chi connectivity index (χ4v) is 4.08. The number of ether oxygens (including phenoxy) is 2. The second-order valence-corrected chi connectivity index (χ2v) is 9.30. The summed E-state index contributed by atoms with van der Waals surface area (Å²) in [5.41, 5.74) is -4.15. The van der Waals surface area contributed by atoms with Crippen LogP contribution in [0.3, 0.4) is 0 Å². The highest BCUT2D eigenvalue weighted by Gasteiger charge is 2.53. The lowest BCUT2D eigenvalue weighted by Gasteiger charge is -2.34. The molecule has 0 aliphatic heterocycles. The van der Waals surface area contributed by atoms with E-state index in [1.165, 1.54) is 12.1 Å². The lowest BCUT2D eigenvalue weighted by Crippen LogP contribution is -2.59. The Morgan fingerprint density at radius 3 is 2.24 bits per heavy atom. The van der Waals surface area contributed by atoms with Crippen molar-refractivity contribution in [2.45, 2.75) is 38.1 Å². The standard InChI is InChI=1S/C28H23ClF3N3O6/c1-18(2)34(20-8-4-3-5-9-20)26(37)27(17-33,41-24-11-7-6-10-22(24)35(38)39)25(36)14-15-40-23-13-12-19(16-21(23)29)28(30,31)32/h3-13,16,18H,14-15H2,1-2H3. The van der Waals surface area contributed by atoms with Crippen molar-refractivity contribution >= 4 is 34.7 Å². The molecule has 0 spiro atoms. The van der Waals surface area contributed by atoms with Crippen molar-refractivity contribution in [3.05, 3.63) is 93.5 Å². The van der Waals surface area contributed by atoms with Crippen LogP contribution in [0.15, 0.2) is 72.8 Å². The number of ketones is 1. The first-order valence-corrected chi connectivity index (χ1v) is 12.4. The fraction of sp³-hybridized carbons (Fsp3) is 0.250. The van der Waals surface area contributed by atoms with E-state index in [-0.39, 0.29) is 10.8 Å². The van der Waals surface area contributed by atoms with Crippen LogP contribution in [0.4, 0.5) is 24.5 Å². The summed E-state index contributed by atoms with van der Waals surface area (Å²) >= 11 is 5.91. The summed E-state index contributed by atoms with van der Waals surface area (Å²) in [6.07, 6.45) is -5.28. The quantitative estimate of drug-likeness (QED) is 0.144. The maximum atomic E-state index is 14.0. The molecule has 1 atom stereocenters. The van der Waals surface area contributed by atoms with E-state index in [4.69, 9.17) is 21.1 Å². The van der Waals surface area contributed by atoms with Crippen molar-refractivity contribution in [3.63, 3.8) is 0 Å². The van der Waals surface area contributed by atoms with Crippen molar-refractivity contribution in [1.82, 2.24) is 0 Å². The van der Waals surface area contributed by atoms with Crippen LogP contribution >= 0.6 is 11.6 Å². The summed E-state index contributed by atoms with van der Waals surface area (Å²) in [6, 6.07) is 16.5. The molecule has 3 rings (SSSR count). The molecule has 13 heteroatoms. The van der Waals surface area contributed by atoms with Crippen molar-refractivity contribution in [2.24, 2.45) is 0 Å². The Morgan fingerprint density at radius 1 is 1.05 bits per heavy atom. The van der Waals surface area contributed by atoms with Gasteiger partial charge in [-0.25, -0.2) is 0 Å². The van der Waals surface area contributed by atoms with Gasteiger partial charge in [-0.3, -0.25) is 19.7 Å². The molecule has 1 unspecified atom stereocenters. The average molecular weight is 590 g/mol. The number of Topliss-reactive ketones (excluding diaryl/α,β-unsaturated/α-hetero) is 1. The third-order valence-electron chi connectivity index (χ3n) is 5.79.